The Bertz CT molecular complexity index is 819. The Balaban J connectivity index is 1.19. The average molecular weight is 641 g/mol. The largest absolute Gasteiger partial charge is 0.353 e. The number of allylic oxidation sites excluding steroid dienone is 2. The molecule has 0 bridgehead atoms. The van der Waals surface area contributed by atoms with Crippen molar-refractivity contribution >= 4 is 11.8 Å². The fraction of sp³-hybridized carbons (Fsp3) is 0.829. The van der Waals surface area contributed by atoms with E-state index in [-0.39, 0.29) is 12.6 Å². The predicted molar refractivity (Wildman–Crippen MR) is 171 cm³/mol. The van der Waals surface area contributed by atoms with Gasteiger partial charge in [-0.2, -0.15) is 0 Å². The summed E-state index contributed by atoms with van der Waals surface area (Å²) in [6.45, 7) is 2.99. The maximum atomic E-state index is 14.4. The molecule has 4 atom stereocenters. The molecule has 3 rings (SSSR count). The van der Waals surface area contributed by atoms with Crippen LogP contribution in [0, 0.1) is 0 Å². The van der Waals surface area contributed by atoms with Crippen LogP contribution in [0.4, 0.5) is 8.78 Å². The highest BCUT2D eigenvalue weighted by Gasteiger charge is 2.31. The molecule has 1 saturated carbocycles. The van der Waals surface area contributed by atoms with E-state index >= 15 is 0 Å². The van der Waals surface area contributed by atoms with Crippen molar-refractivity contribution in [3.05, 3.63) is 23.8 Å². The number of carbonyl (C=O) groups is 2. The van der Waals surface area contributed by atoms with Gasteiger partial charge in [0.25, 0.3) is 11.8 Å². The van der Waals surface area contributed by atoms with Gasteiger partial charge in [-0.15, -0.1) is 0 Å². The van der Waals surface area contributed by atoms with E-state index in [9.17, 15) is 18.4 Å². The topological polar surface area (TPSA) is 95.1 Å². The fourth-order valence-corrected chi connectivity index (χ4v) is 6.09. The zero-order valence-electron chi connectivity index (χ0n) is 27.3. The first-order chi connectivity index (χ1) is 22.0. The van der Waals surface area contributed by atoms with Gasteiger partial charge in [0, 0.05) is 38.5 Å². The summed E-state index contributed by atoms with van der Waals surface area (Å²) in [4.78, 5) is 24.8. The first-order valence-corrected chi connectivity index (χ1v) is 17.8. The summed E-state index contributed by atoms with van der Waals surface area (Å²) >= 11 is 0. The Kier molecular flexibility index (Phi) is 19.6. The van der Waals surface area contributed by atoms with E-state index in [4.69, 9.17) is 18.9 Å². The van der Waals surface area contributed by atoms with E-state index < -0.39 is 35.6 Å². The van der Waals surface area contributed by atoms with Gasteiger partial charge in [-0.3, -0.25) is 9.59 Å². The van der Waals surface area contributed by atoms with Crippen molar-refractivity contribution < 1.29 is 37.3 Å². The van der Waals surface area contributed by atoms with Crippen LogP contribution in [0.5, 0.6) is 0 Å². The van der Waals surface area contributed by atoms with E-state index in [1.807, 2.05) is 0 Å². The number of hydrogen-bond donors (Lipinski definition) is 2. The molecule has 0 spiro atoms. The molecule has 1 aliphatic carbocycles. The summed E-state index contributed by atoms with van der Waals surface area (Å²) in [6, 6.07) is -0.827. The molecule has 3 aliphatic rings. The van der Waals surface area contributed by atoms with E-state index in [0.717, 1.165) is 122 Å². The van der Waals surface area contributed by atoms with Gasteiger partial charge in [-0.05, 0) is 108 Å². The minimum Gasteiger partial charge on any atom is -0.353 e. The van der Waals surface area contributed by atoms with Crippen molar-refractivity contribution in [2.24, 2.45) is 0 Å². The van der Waals surface area contributed by atoms with Crippen LogP contribution in [-0.2, 0) is 28.5 Å². The number of carbonyl (C=O) groups excluding carboxylic acids is 2. The van der Waals surface area contributed by atoms with Crippen LogP contribution in [0.25, 0.3) is 0 Å². The van der Waals surface area contributed by atoms with Crippen LogP contribution >= 0.6 is 0 Å². The van der Waals surface area contributed by atoms with E-state index in [1.54, 1.807) is 0 Å². The molecule has 0 aromatic heterocycles. The molecular formula is C35H58F2N2O6. The Hall–Kier alpha value is -1.88. The van der Waals surface area contributed by atoms with Crippen molar-refractivity contribution in [3.63, 3.8) is 0 Å². The average Bonchev–Trinajstić information content (AvgIpc) is 3.49. The molecule has 2 aliphatic heterocycles. The van der Waals surface area contributed by atoms with Crippen molar-refractivity contribution in [1.82, 2.24) is 10.6 Å². The number of unbranched alkanes of at least 4 members (excludes halogenated alkanes) is 10. The van der Waals surface area contributed by atoms with Crippen LogP contribution in [0.2, 0.25) is 0 Å². The maximum Gasteiger partial charge on any atom is 0.279 e. The second-order valence-electron chi connectivity index (χ2n) is 12.6. The summed E-state index contributed by atoms with van der Waals surface area (Å²) in [7, 11) is 0. The molecular weight excluding hydrogens is 582 g/mol. The highest BCUT2D eigenvalue weighted by atomic mass is 19.1. The Morgan fingerprint density at radius 3 is 1.42 bits per heavy atom. The minimum atomic E-state index is -0.801. The van der Waals surface area contributed by atoms with Crippen molar-refractivity contribution in [2.45, 2.75) is 160 Å². The Labute approximate surface area is 269 Å². The first kappa shape index (κ1) is 37.6. The van der Waals surface area contributed by atoms with Crippen molar-refractivity contribution in [3.8, 4) is 0 Å². The number of ether oxygens (including phenoxy) is 4. The standard InChI is InChI=1S/C35H58F2N2O6/c36-28(18-9-5-1-3-7-13-24-42-32-22-11-15-26-44-32)34(40)38-30-20-17-21-31(30)39-35(41)29(37)19-10-6-2-4-8-14-25-43-33-23-12-16-27-45-33/h18-19,30-33H,1-17,20-27H2,(H,38,40)(H,39,41)/b28-18-,29-19+/t30-,31+,32?,33?/m1/s1. The van der Waals surface area contributed by atoms with E-state index in [0.29, 0.717) is 38.9 Å². The summed E-state index contributed by atoms with van der Waals surface area (Å²) < 4.78 is 51.5. The number of nitrogens with one attached hydrogen (secondary N) is 2. The van der Waals surface area contributed by atoms with Crippen LogP contribution in [0.1, 0.15) is 135 Å². The van der Waals surface area contributed by atoms with Crippen LogP contribution in [0.15, 0.2) is 23.8 Å². The van der Waals surface area contributed by atoms with Gasteiger partial charge in [0.2, 0.25) is 0 Å². The van der Waals surface area contributed by atoms with Gasteiger partial charge in [-0.25, -0.2) is 8.78 Å². The third-order valence-electron chi connectivity index (χ3n) is 8.81. The van der Waals surface area contributed by atoms with Crippen molar-refractivity contribution in [1.29, 1.82) is 0 Å². The van der Waals surface area contributed by atoms with Gasteiger partial charge in [-0.1, -0.05) is 38.5 Å². The molecule has 2 amide bonds. The minimum absolute atomic E-state index is 0.0410. The quantitative estimate of drug-likeness (QED) is 0.0934. The lowest BCUT2D eigenvalue weighted by Gasteiger charge is -2.22. The third kappa shape index (κ3) is 16.5. The Morgan fingerprint density at radius 1 is 0.578 bits per heavy atom. The SMILES string of the molecule is O=C(N[C@@H]1CCC[C@@H]1NC(=O)/C(F)=C\CCCCCCCOC1CCCCO1)/C(F)=C/CCCCCCCOC1CCCCO1. The molecule has 0 aromatic carbocycles. The second-order valence-corrected chi connectivity index (χ2v) is 12.6. The molecule has 2 saturated heterocycles. The monoisotopic (exact) mass is 640 g/mol. The van der Waals surface area contributed by atoms with Gasteiger partial charge < -0.3 is 29.6 Å². The fourth-order valence-electron chi connectivity index (χ4n) is 6.09. The van der Waals surface area contributed by atoms with Crippen LogP contribution in [0.3, 0.4) is 0 Å². The van der Waals surface area contributed by atoms with Gasteiger partial charge in [0.15, 0.2) is 24.2 Å². The Morgan fingerprint density at radius 2 is 1.00 bits per heavy atom. The highest BCUT2D eigenvalue weighted by molar-refractivity contribution is 5.92. The van der Waals surface area contributed by atoms with Gasteiger partial charge >= 0.3 is 0 Å². The molecule has 3 fully saturated rings. The summed E-state index contributed by atoms with van der Waals surface area (Å²) in [5, 5.41) is 5.39. The number of hydrogen-bond acceptors (Lipinski definition) is 6. The number of amides is 2. The molecule has 2 heterocycles. The van der Waals surface area contributed by atoms with Crippen LogP contribution < -0.4 is 10.6 Å². The molecule has 258 valence electrons. The summed E-state index contributed by atoms with van der Waals surface area (Å²) in [5.41, 5.74) is 0. The lowest BCUT2D eigenvalue weighted by molar-refractivity contribution is -0.163. The van der Waals surface area contributed by atoms with Gasteiger partial charge in [0.1, 0.15) is 0 Å². The third-order valence-corrected chi connectivity index (χ3v) is 8.81. The lowest BCUT2D eigenvalue weighted by atomic mass is 10.1. The predicted octanol–water partition coefficient (Wildman–Crippen LogP) is 7.61. The van der Waals surface area contributed by atoms with Crippen LogP contribution in [-0.4, -0.2) is 62.9 Å². The van der Waals surface area contributed by atoms with Gasteiger partial charge in [0.05, 0.1) is 0 Å². The lowest BCUT2D eigenvalue weighted by Crippen LogP contribution is -2.48. The highest BCUT2D eigenvalue weighted by Crippen LogP contribution is 2.21. The second kappa shape index (κ2) is 23.4. The molecule has 0 radical (unpaired) electrons. The van der Waals surface area contributed by atoms with Crippen molar-refractivity contribution in [2.75, 3.05) is 26.4 Å². The molecule has 2 unspecified atom stereocenters. The van der Waals surface area contributed by atoms with E-state index in [2.05, 4.69) is 10.6 Å². The molecule has 45 heavy (non-hydrogen) atoms. The van der Waals surface area contributed by atoms with E-state index in [1.165, 1.54) is 12.2 Å². The molecule has 8 nitrogen and oxygen atoms in total. The number of halogens is 2. The first-order valence-electron chi connectivity index (χ1n) is 17.8. The smallest absolute Gasteiger partial charge is 0.279 e. The zero-order valence-corrected chi connectivity index (χ0v) is 27.3. The summed E-state index contributed by atoms with van der Waals surface area (Å²) in [5.74, 6) is -3.14. The molecule has 2 N–H and O–H groups in total. The maximum absolute atomic E-state index is 14.4. The molecule has 10 heteroatoms. The normalized spacial score (nSPS) is 24.5. The zero-order chi connectivity index (χ0) is 32.0. The number of rotatable bonds is 22. The molecule has 0 aromatic rings. The summed E-state index contributed by atoms with van der Waals surface area (Å²) in [6.07, 6.45) is 21.8.